The molecule has 0 saturated heterocycles. The number of halogens is 3. The molecular formula is C22H23F3N2O2S. The van der Waals surface area contributed by atoms with Crippen LogP contribution in [0.5, 0.6) is 0 Å². The Morgan fingerprint density at radius 3 is 2.20 bits per heavy atom. The van der Waals surface area contributed by atoms with Crippen molar-refractivity contribution in [3.05, 3.63) is 35.9 Å². The van der Waals surface area contributed by atoms with Gasteiger partial charge in [-0.05, 0) is 80.2 Å². The van der Waals surface area contributed by atoms with Crippen LogP contribution in [0.15, 0.2) is 33.6 Å². The van der Waals surface area contributed by atoms with Gasteiger partial charge in [0.05, 0.1) is 0 Å². The first-order chi connectivity index (χ1) is 14.2. The Hall–Kier alpha value is -1.96. The molecule has 160 valence electrons. The van der Waals surface area contributed by atoms with Crippen molar-refractivity contribution in [1.82, 2.24) is 10.3 Å². The van der Waals surface area contributed by atoms with E-state index in [-0.39, 0.29) is 33.8 Å². The quantitative estimate of drug-likeness (QED) is 0.601. The molecule has 4 nitrogen and oxygen atoms in total. The topological polar surface area (TPSA) is 55.1 Å². The van der Waals surface area contributed by atoms with Gasteiger partial charge in [-0.25, -0.2) is 4.98 Å². The summed E-state index contributed by atoms with van der Waals surface area (Å²) in [5.74, 6) is 2.52. The summed E-state index contributed by atoms with van der Waals surface area (Å²) < 4.78 is 43.4. The highest BCUT2D eigenvalue weighted by Gasteiger charge is 2.51. The Labute approximate surface area is 177 Å². The number of aromatic nitrogens is 1. The maximum absolute atomic E-state index is 13.2. The molecule has 1 amide bonds. The molecule has 1 heterocycles. The van der Waals surface area contributed by atoms with Crippen LogP contribution in [0.4, 0.5) is 13.2 Å². The number of carbonyl (C=O) groups excluding carboxylic acids is 1. The van der Waals surface area contributed by atoms with Gasteiger partial charge in [0.1, 0.15) is 0 Å². The maximum atomic E-state index is 13.2. The third-order valence-corrected chi connectivity index (χ3v) is 7.46. The standard InChI is InChI=1S/C22H23F3N2O2S/c1-12-26-18(19(29-12)16-2-4-17(5-3-16)30-22(23,24)25)20(28)27-21-9-13-6-14(10-21)8-15(7-13)11-21/h2-5,13-15H,6-11H2,1H3,(H,27,28). The fraction of sp³-hybridized carbons (Fsp3) is 0.545. The van der Waals surface area contributed by atoms with E-state index < -0.39 is 5.51 Å². The number of nitrogens with one attached hydrogen (secondary N) is 1. The van der Waals surface area contributed by atoms with Gasteiger partial charge in [0.15, 0.2) is 17.3 Å². The normalized spacial score (nSPS) is 29.9. The molecule has 4 bridgehead atoms. The van der Waals surface area contributed by atoms with Crippen molar-refractivity contribution in [3.8, 4) is 11.3 Å². The van der Waals surface area contributed by atoms with Gasteiger partial charge in [0.2, 0.25) is 0 Å². The Morgan fingerprint density at radius 1 is 1.10 bits per heavy atom. The molecule has 0 radical (unpaired) electrons. The lowest BCUT2D eigenvalue weighted by Gasteiger charge is -2.56. The zero-order valence-corrected chi connectivity index (χ0v) is 17.4. The summed E-state index contributed by atoms with van der Waals surface area (Å²) in [6.45, 7) is 1.67. The number of carbonyl (C=O) groups is 1. The van der Waals surface area contributed by atoms with Gasteiger partial charge >= 0.3 is 5.51 Å². The molecule has 2 aromatic rings. The average molecular weight is 436 g/mol. The molecule has 8 heteroatoms. The van der Waals surface area contributed by atoms with Crippen molar-refractivity contribution in [3.63, 3.8) is 0 Å². The van der Waals surface area contributed by atoms with Crippen molar-refractivity contribution in [2.45, 2.75) is 61.4 Å². The first-order valence-corrected chi connectivity index (χ1v) is 11.2. The molecule has 0 unspecified atom stereocenters. The number of rotatable bonds is 4. The summed E-state index contributed by atoms with van der Waals surface area (Å²) in [6, 6.07) is 5.84. The molecule has 0 aliphatic heterocycles. The van der Waals surface area contributed by atoms with E-state index in [0.29, 0.717) is 35.0 Å². The van der Waals surface area contributed by atoms with Gasteiger partial charge in [-0.2, -0.15) is 13.2 Å². The zero-order chi connectivity index (χ0) is 21.1. The number of hydrogen-bond donors (Lipinski definition) is 1. The van der Waals surface area contributed by atoms with Gasteiger partial charge in [-0.1, -0.05) is 12.1 Å². The summed E-state index contributed by atoms with van der Waals surface area (Å²) in [4.78, 5) is 17.6. The molecule has 1 aromatic carbocycles. The molecule has 30 heavy (non-hydrogen) atoms. The second kappa shape index (κ2) is 7.04. The van der Waals surface area contributed by atoms with E-state index in [0.717, 1.165) is 19.3 Å². The van der Waals surface area contributed by atoms with Gasteiger partial charge < -0.3 is 9.73 Å². The number of alkyl halides is 3. The van der Waals surface area contributed by atoms with Crippen molar-refractivity contribution < 1.29 is 22.4 Å². The minimum Gasteiger partial charge on any atom is -0.440 e. The van der Waals surface area contributed by atoms with E-state index in [2.05, 4.69) is 10.3 Å². The van der Waals surface area contributed by atoms with Crippen molar-refractivity contribution in [2.75, 3.05) is 0 Å². The third-order valence-electron chi connectivity index (χ3n) is 6.72. The number of benzene rings is 1. The van der Waals surface area contributed by atoms with E-state index in [1.165, 1.54) is 43.5 Å². The van der Waals surface area contributed by atoms with Crippen LogP contribution in [0.2, 0.25) is 0 Å². The SMILES string of the molecule is Cc1nc(C(=O)NC23CC4CC(CC(C4)C2)C3)c(-c2ccc(SC(F)(F)F)cc2)o1. The van der Waals surface area contributed by atoms with Crippen LogP contribution in [0.1, 0.15) is 54.9 Å². The lowest BCUT2D eigenvalue weighted by atomic mass is 9.53. The number of thioether (sulfide) groups is 1. The fourth-order valence-corrected chi connectivity index (χ4v) is 6.69. The van der Waals surface area contributed by atoms with Gasteiger partial charge in [-0.3, -0.25) is 4.79 Å². The molecule has 4 saturated carbocycles. The number of oxazole rings is 1. The number of hydrogen-bond acceptors (Lipinski definition) is 4. The van der Waals surface area contributed by atoms with E-state index in [9.17, 15) is 18.0 Å². The number of aryl methyl sites for hydroxylation is 1. The Bertz CT molecular complexity index is 932. The first kappa shape index (κ1) is 20.0. The molecule has 4 aliphatic carbocycles. The van der Waals surface area contributed by atoms with Crippen LogP contribution in [-0.4, -0.2) is 21.9 Å². The van der Waals surface area contributed by atoms with Crippen LogP contribution >= 0.6 is 11.8 Å². The summed E-state index contributed by atoms with van der Waals surface area (Å²) in [7, 11) is 0. The Balaban J connectivity index is 1.38. The van der Waals surface area contributed by atoms with Crippen molar-refractivity contribution >= 4 is 17.7 Å². The van der Waals surface area contributed by atoms with Crippen LogP contribution in [0.3, 0.4) is 0 Å². The van der Waals surface area contributed by atoms with E-state index in [1.807, 2.05) is 0 Å². The maximum Gasteiger partial charge on any atom is 0.446 e. The first-order valence-electron chi connectivity index (χ1n) is 10.3. The zero-order valence-electron chi connectivity index (χ0n) is 16.6. The van der Waals surface area contributed by atoms with Crippen molar-refractivity contribution in [1.29, 1.82) is 0 Å². The van der Waals surface area contributed by atoms with Crippen LogP contribution < -0.4 is 5.32 Å². The highest BCUT2D eigenvalue weighted by molar-refractivity contribution is 8.00. The second-order valence-corrected chi connectivity index (χ2v) is 10.3. The molecule has 0 atom stereocenters. The lowest BCUT2D eigenvalue weighted by molar-refractivity contribution is -0.0328. The Kier molecular flexibility index (Phi) is 4.69. The van der Waals surface area contributed by atoms with Crippen LogP contribution in [-0.2, 0) is 0 Å². The minimum atomic E-state index is -4.34. The third kappa shape index (κ3) is 3.86. The Morgan fingerprint density at radius 2 is 1.67 bits per heavy atom. The summed E-state index contributed by atoms with van der Waals surface area (Å²) in [5.41, 5.74) is -3.74. The molecular weight excluding hydrogens is 413 g/mol. The van der Waals surface area contributed by atoms with Crippen LogP contribution in [0.25, 0.3) is 11.3 Å². The van der Waals surface area contributed by atoms with E-state index >= 15 is 0 Å². The minimum absolute atomic E-state index is 0.0852. The molecule has 1 aromatic heterocycles. The monoisotopic (exact) mass is 436 g/mol. The molecule has 4 fully saturated rings. The summed E-state index contributed by atoms with van der Waals surface area (Å²) in [5, 5.41) is 3.29. The second-order valence-electron chi connectivity index (χ2n) is 9.13. The lowest BCUT2D eigenvalue weighted by Crippen LogP contribution is -2.59. The number of amides is 1. The number of nitrogens with zero attached hydrogens (tertiary/aromatic N) is 1. The van der Waals surface area contributed by atoms with Gasteiger partial charge in [-0.15, -0.1) is 0 Å². The van der Waals surface area contributed by atoms with Crippen LogP contribution in [0, 0.1) is 24.7 Å². The average Bonchev–Trinajstić information content (AvgIpc) is 3.01. The van der Waals surface area contributed by atoms with E-state index in [1.54, 1.807) is 6.92 Å². The van der Waals surface area contributed by atoms with Gasteiger partial charge in [0.25, 0.3) is 5.91 Å². The molecule has 4 aliphatic rings. The smallest absolute Gasteiger partial charge is 0.440 e. The highest BCUT2D eigenvalue weighted by atomic mass is 32.2. The molecule has 0 spiro atoms. The van der Waals surface area contributed by atoms with E-state index in [4.69, 9.17) is 4.42 Å². The highest BCUT2D eigenvalue weighted by Crippen LogP contribution is 2.55. The van der Waals surface area contributed by atoms with Crippen molar-refractivity contribution in [2.24, 2.45) is 17.8 Å². The predicted octanol–water partition coefficient (Wildman–Crippen LogP) is 5.96. The summed E-state index contributed by atoms with van der Waals surface area (Å²) >= 11 is -0.169. The molecule has 1 N–H and O–H groups in total. The summed E-state index contributed by atoms with van der Waals surface area (Å²) in [6.07, 6.45) is 6.93. The molecule has 6 rings (SSSR count). The predicted molar refractivity (Wildman–Crippen MR) is 107 cm³/mol. The fourth-order valence-electron chi connectivity index (χ4n) is 6.15. The largest absolute Gasteiger partial charge is 0.446 e. The van der Waals surface area contributed by atoms with Gasteiger partial charge in [0, 0.05) is 22.9 Å².